The Morgan fingerprint density at radius 3 is 2.56 bits per heavy atom. The fourth-order valence-corrected chi connectivity index (χ4v) is 3.05. The Kier molecular flexibility index (Phi) is 6.97. The number of carbonyl (C=O) groups excluding carboxylic acids is 1. The van der Waals surface area contributed by atoms with E-state index in [-0.39, 0.29) is 23.9 Å². The second-order valence-corrected chi connectivity index (χ2v) is 7.06. The summed E-state index contributed by atoms with van der Waals surface area (Å²) in [6, 6.07) is 15.7. The van der Waals surface area contributed by atoms with E-state index in [9.17, 15) is 4.79 Å². The largest absolute Gasteiger partial charge is 0.490 e. The van der Waals surface area contributed by atoms with E-state index in [1.165, 1.54) is 0 Å². The molecule has 0 bridgehead atoms. The molecule has 1 amide bonds. The van der Waals surface area contributed by atoms with E-state index in [1.807, 2.05) is 55.5 Å². The van der Waals surface area contributed by atoms with Gasteiger partial charge in [-0.1, -0.05) is 50.2 Å². The van der Waals surface area contributed by atoms with Crippen LogP contribution in [-0.4, -0.2) is 19.3 Å². The number of amides is 1. The smallest absolute Gasteiger partial charge is 0.407 e. The fourth-order valence-electron chi connectivity index (χ4n) is 3.05. The number of hydrogen-bond acceptors (Lipinski definition) is 4. The molecule has 1 N–H and O–H groups in total. The summed E-state index contributed by atoms with van der Waals surface area (Å²) in [7, 11) is 0. The van der Waals surface area contributed by atoms with Gasteiger partial charge in [-0.15, -0.1) is 12.4 Å². The van der Waals surface area contributed by atoms with E-state index < -0.39 is 6.09 Å². The molecule has 2 aromatic rings. The molecule has 0 spiro atoms. The van der Waals surface area contributed by atoms with Crippen LogP contribution in [-0.2, 0) is 11.3 Å². The number of benzene rings is 2. The van der Waals surface area contributed by atoms with Gasteiger partial charge in [-0.05, 0) is 30.2 Å². The Balaban J connectivity index is 0.00000261. The molecule has 146 valence electrons. The summed E-state index contributed by atoms with van der Waals surface area (Å²) in [5.41, 5.74) is 1.85. The standard InChI is InChI=1S/C21H25NO4.ClH/c1-4-24-18-12-16(19-21(2,3)14-26-20(23)22-19)10-11-17(18)25-13-15-8-6-5-7-9-15;/h5-12,19H,4,13-14H2,1-3H3,(H,22,23);1H/t19-;/m1./s1. The average Bonchev–Trinajstić information content (AvgIpc) is 2.64. The molecule has 0 unspecified atom stereocenters. The molecule has 0 saturated carbocycles. The van der Waals surface area contributed by atoms with Crippen molar-refractivity contribution in [2.45, 2.75) is 33.4 Å². The molecule has 0 aliphatic carbocycles. The number of rotatable bonds is 6. The zero-order chi connectivity index (χ0) is 18.6. The maximum absolute atomic E-state index is 11.7. The van der Waals surface area contributed by atoms with Crippen LogP contribution in [0.2, 0.25) is 0 Å². The summed E-state index contributed by atoms with van der Waals surface area (Å²) in [4.78, 5) is 11.7. The van der Waals surface area contributed by atoms with Crippen LogP contribution in [0, 0.1) is 5.41 Å². The Labute approximate surface area is 166 Å². The molecular formula is C21H26ClNO4. The zero-order valence-corrected chi connectivity index (χ0v) is 16.7. The lowest BCUT2D eigenvalue weighted by Gasteiger charge is -2.38. The van der Waals surface area contributed by atoms with Crippen molar-refractivity contribution in [1.82, 2.24) is 5.32 Å². The number of ether oxygens (including phenoxy) is 3. The second-order valence-electron chi connectivity index (χ2n) is 7.06. The summed E-state index contributed by atoms with van der Waals surface area (Å²) >= 11 is 0. The van der Waals surface area contributed by atoms with Crippen molar-refractivity contribution in [2.24, 2.45) is 5.41 Å². The van der Waals surface area contributed by atoms with Gasteiger partial charge in [-0.2, -0.15) is 0 Å². The van der Waals surface area contributed by atoms with Crippen LogP contribution in [0.1, 0.15) is 37.9 Å². The number of halogens is 1. The van der Waals surface area contributed by atoms with Crippen molar-refractivity contribution in [3.8, 4) is 11.5 Å². The third-order valence-corrected chi connectivity index (χ3v) is 4.46. The van der Waals surface area contributed by atoms with Crippen LogP contribution in [0.25, 0.3) is 0 Å². The number of carbonyl (C=O) groups is 1. The lowest BCUT2D eigenvalue weighted by atomic mass is 9.80. The topological polar surface area (TPSA) is 56.8 Å². The van der Waals surface area contributed by atoms with Crippen molar-refractivity contribution in [3.63, 3.8) is 0 Å². The predicted octanol–water partition coefficient (Wildman–Crippen LogP) is 4.89. The summed E-state index contributed by atoms with van der Waals surface area (Å²) in [5.74, 6) is 1.37. The maximum atomic E-state index is 11.7. The molecule has 2 aromatic carbocycles. The van der Waals surface area contributed by atoms with Gasteiger partial charge in [0.2, 0.25) is 0 Å². The van der Waals surface area contributed by atoms with E-state index in [0.29, 0.717) is 31.3 Å². The van der Waals surface area contributed by atoms with Crippen molar-refractivity contribution in [3.05, 3.63) is 59.7 Å². The van der Waals surface area contributed by atoms with E-state index in [4.69, 9.17) is 14.2 Å². The van der Waals surface area contributed by atoms with Gasteiger partial charge in [0.05, 0.1) is 12.6 Å². The molecule has 1 atom stereocenters. The highest BCUT2D eigenvalue weighted by atomic mass is 35.5. The summed E-state index contributed by atoms with van der Waals surface area (Å²) in [5, 5.41) is 2.91. The van der Waals surface area contributed by atoms with Gasteiger partial charge in [0.15, 0.2) is 11.5 Å². The van der Waals surface area contributed by atoms with Gasteiger partial charge in [-0.25, -0.2) is 4.79 Å². The number of nitrogens with one attached hydrogen (secondary N) is 1. The van der Waals surface area contributed by atoms with Crippen LogP contribution >= 0.6 is 12.4 Å². The highest BCUT2D eigenvalue weighted by Gasteiger charge is 2.38. The van der Waals surface area contributed by atoms with Crippen LogP contribution in [0.4, 0.5) is 4.79 Å². The molecule has 1 fully saturated rings. The van der Waals surface area contributed by atoms with Gasteiger partial charge < -0.3 is 19.5 Å². The molecule has 5 nitrogen and oxygen atoms in total. The number of hydrogen-bond donors (Lipinski definition) is 1. The summed E-state index contributed by atoms with van der Waals surface area (Å²) < 4.78 is 16.9. The summed E-state index contributed by atoms with van der Waals surface area (Å²) in [6.07, 6.45) is -0.392. The first kappa shape index (κ1) is 20.9. The van der Waals surface area contributed by atoms with E-state index in [2.05, 4.69) is 19.2 Å². The second kappa shape index (κ2) is 9.00. The average molecular weight is 392 g/mol. The normalized spacial score (nSPS) is 17.9. The molecular weight excluding hydrogens is 366 g/mol. The lowest BCUT2D eigenvalue weighted by Crippen LogP contribution is -2.46. The Hall–Kier alpha value is -2.40. The highest BCUT2D eigenvalue weighted by Crippen LogP contribution is 2.39. The highest BCUT2D eigenvalue weighted by molar-refractivity contribution is 5.85. The molecule has 0 aromatic heterocycles. The van der Waals surface area contributed by atoms with Crippen molar-refractivity contribution in [1.29, 1.82) is 0 Å². The molecule has 1 aliphatic heterocycles. The first-order valence-electron chi connectivity index (χ1n) is 8.86. The van der Waals surface area contributed by atoms with Crippen LogP contribution < -0.4 is 14.8 Å². The quantitative estimate of drug-likeness (QED) is 0.761. The minimum Gasteiger partial charge on any atom is -0.490 e. The van der Waals surface area contributed by atoms with Gasteiger partial charge >= 0.3 is 6.09 Å². The van der Waals surface area contributed by atoms with Crippen LogP contribution in [0.15, 0.2) is 48.5 Å². The van der Waals surface area contributed by atoms with Crippen LogP contribution in [0.5, 0.6) is 11.5 Å². The lowest BCUT2D eigenvalue weighted by molar-refractivity contribution is 0.0386. The zero-order valence-electron chi connectivity index (χ0n) is 15.9. The minimum atomic E-state index is -0.392. The van der Waals surface area contributed by atoms with Gasteiger partial charge in [0, 0.05) is 5.41 Å². The first-order chi connectivity index (χ1) is 12.5. The maximum Gasteiger partial charge on any atom is 0.407 e. The van der Waals surface area contributed by atoms with Crippen molar-refractivity contribution < 1.29 is 19.0 Å². The van der Waals surface area contributed by atoms with E-state index in [1.54, 1.807) is 0 Å². The third kappa shape index (κ3) is 5.07. The Bertz CT molecular complexity index is 764. The van der Waals surface area contributed by atoms with Gasteiger partial charge in [-0.3, -0.25) is 0 Å². The molecule has 27 heavy (non-hydrogen) atoms. The summed E-state index contributed by atoms with van der Waals surface area (Å²) in [6.45, 7) is 7.45. The molecule has 1 aliphatic rings. The minimum absolute atomic E-state index is 0. The number of cyclic esters (lactones) is 1. The van der Waals surface area contributed by atoms with Crippen molar-refractivity contribution in [2.75, 3.05) is 13.2 Å². The van der Waals surface area contributed by atoms with E-state index in [0.717, 1.165) is 11.1 Å². The first-order valence-corrected chi connectivity index (χ1v) is 8.86. The monoisotopic (exact) mass is 391 g/mol. The van der Waals surface area contributed by atoms with Gasteiger partial charge in [0.1, 0.15) is 13.2 Å². The molecule has 0 radical (unpaired) electrons. The molecule has 3 rings (SSSR count). The predicted molar refractivity (Wildman–Crippen MR) is 107 cm³/mol. The van der Waals surface area contributed by atoms with Gasteiger partial charge in [0.25, 0.3) is 0 Å². The molecule has 1 saturated heterocycles. The van der Waals surface area contributed by atoms with Crippen molar-refractivity contribution >= 4 is 18.5 Å². The Morgan fingerprint density at radius 1 is 1.11 bits per heavy atom. The number of alkyl carbamates (subject to hydrolysis) is 1. The fraction of sp³-hybridized carbons (Fsp3) is 0.381. The Morgan fingerprint density at radius 2 is 1.85 bits per heavy atom. The molecule has 6 heteroatoms. The van der Waals surface area contributed by atoms with Crippen LogP contribution in [0.3, 0.4) is 0 Å². The van der Waals surface area contributed by atoms with E-state index >= 15 is 0 Å². The SMILES string of the molecule is CCOc1cc([C@H]2NC(=O)OCC2(C)C)ccc1OCc1ccccc1.Cl. The molecule has 1 heterocycles. The third-order valence-electron chi connectivity index (χ3n) is 4.46.